The third kappa shape index (κ3) is 4.09. The first-order valence-corrected chi connectivity index (χ1v) is 11.1. The van der Waals surface area contributed by atoms with Crippen LogP contribution in [-0.2, 0) is 11.8 Å². The van der Waals surface area contributed by atoms with Crippen LogP contribution in [0.5, 0.6) is 11.5 Å². The maximum absolute atomic E-state index is 11.6. The number of benzene rings is 2. The SMILES string of the molecule is Cn1cc(C=C(CC(=O)O)c2nc3ccccc3s2)c(-c2ccc3c(c2)OCCCO3)n1. The van der Waals surface area contributed by atoms with Gasteiger partial charge in [-0.2, -0.15) is 5.10 Å². The Morgan fingerprint density at radius 3 is 2.81 bits per heavy atom. The first-order chi connectivity index (χ1) is 15.6. The molecule has 1 N–H and O–H groups in total. The number of aliphatic carboxylic acids is 1. The first-order valence-electron chi connectivity index (χ1n) is 10.3. The Morgan fingerprint density at radius 1 is 1.19 bits per heavy atom. The molecule has 1 aliphatic heterocycles. The van der Waals surface area contributed by atoms with Gasteiger partial charge < -0.3 is 14.6 Å². The van der Waals surface area contributed by atoms with Crippen LogP contribution >= 0.6 is 11.3 Å². The van der Waals surface area contributed by atoms with Gasteiger partial charge in [0.2, 0.25) is 0 Å². The first kappa shape index (κ1) is 20.3. The largest absolute Gasteiger partial charge is 0.490 e. The van der Waals surface area contributed by atoms with Gasteiger partial charge in [0.15, 0.2) is 11.5 Å². The molecular formula is C24H21N3O4S. The topological polar surface area (TPSA) is 86.5 Å². The van der Waals surface area contributed by atoms with Crippen molar-refractivity contribution >= 4 is 39.2 Å². The summed E-state index contributed by atoms with van der Waals surface area (Å²) < 4.78 is 14.3. The minimum atomic E-state index is -0.906. The Morgan fingerprint density at radius 2 is 2.00 bits per heavy atom. The lowest BCUT2D eigenvalue weighted by molar-refractivity contribution is -0.135. The molecule has 0 bridgehead atoms. The van der Waals surface area contributed by atoms with Crippen molar-refractivity contribution in [3.8, 4) is 22.8 Å². The Balaban J connectivity index is 1.59. The predicted octanol–water partition coefficient (Wildman–Crippen LogP) is 4.87. The number of nitrogens with zero attached hydrogens (tertiary/aromatic N) is 3. The zero-order valence-electron chi connectivity index (χ0n) is 17.4. The molecule has 4 aromatic rings. The van der Waals surface area contributed by atoms with Crippen LogP contribution in [0.1, 0.15) is 23.4 Å². The fraction of sp³-hybridized carbons (Fsp3) is 0.208. The van der Waals surface area contributed by atoms with Crippen molar-refractivity contribution in [1.82, 2.24) is 14.8 Å². The number of fused-ring (bicyclic) bond motifs is 2. The summed E-state index contributed by atoms with van der Waals surface area (Å²) in [6.45, 7) is 1.23. The summed E-state index contributed by atoms with van der Waals surface area (Å²) in [5, 5.41) is 14.9. The molecule has 0 aliphatic carbocycles. The van der Waals surface area contributed by atoms with Gasteiger partial charge in [0.1, 0.15) is 5.01 Å². The van der Waals surface area contributed by atoms with Crippen LogP contribution in [0, 0.1) is 0 Å². The number of para-hydroxylation sites is 1. The second-order valence-corrected chi connectivity index (χ2v) is 8.58. The number of rotatable bonds is 5. The van der Waals surface area contributed by atoms with Crippen LogP contribution in [-0.4, -0.2) is 39.1 Å². The lowest BCUT2D eigenvalue weighted by Gasteiger charge is -2.09. The van der Waals surface area contributed by atoms with Gasteiger partial charge in [0.25, 0.3) is 0 Å². The highest BCUT2D eigenvalue weighted by Gasteiger charge is 2.18. The molecule has 0 unspecified atom stereocenters. The third-order valence-electron chi connectivity index (χ3n) is 5.12. The molecule has 5 rings (SSSR count). The Bertz CT molecular complexity index is 1310. The molecule has 0 saturated carbocycles. The molecule has 0 spiro atoms. The number of hydrogen-bond acceptors (Lipinski definition) is 6. The molecule has 162 valence electrons. The van der Waals surface area contributed by atoms with E-state index >= 15 is 0 Å². The van der Waals surface area contributed by atoms with Crippen molar-refractivity contribution in [2.24, 2.45) is 7.05 Å². The molecular weight excluding hydrogens is 426 g/mol. The Hall–Kier alpha value is -3.65. The standard InChI is InChI=1S/C24H21N3O4S/c1-27-14-17(23(26-27)15-7-8-19-20(12-15)31-10-4-9-30-19)11-16(13-22(28)29)24-25-18-5-2-3-6-21(18)32-24/h2-3,5-8,11-12,14H,4,9-10,13H2,1H3,(H,28,29). The number of carbonyl (C=O) groups is 1. The summed E-state index contributed by atoms with van der Waals surface area (Å²) in [5.74, 6) is 0.509. The number of hydrogen-bond donors (Lipinski definition) is 1. The van der Waals surface area contributed by atoms with E-state index in [9.17, 15) is 9.90 Å². The average molecular weight is 448 g/mol. The van der Waals surface area contributed by atoms with E-state index in [1.54, 1.807) is 4.68 Å². The summed E-state index contributed by atoms with van der Waals surface area (Å²) in [7, 11) is 1.85. The molecule has 7 nitrogen and oxygen atoms in total. The number of aromatic nitrogens is 3. The molecule has 0 fully saturated rings. The van der Waals surface area contributed by atoms with Crippen LogP contribution < -0.4 is 9.47 Å². The molecule has 0 radical (unpaired) electrons. The smallest absolute Gasteiger partial charge is 0.307 e. The van der Waals surface area contributed by atoms with Gasteiger partial charge in [0.05, 0.1) is 35.5 Å². The molecule has 3 heterocycles. The van der Waals surface area contributed by atoms with Crippen molar-refractivity contribution in [1.29, 1.82) is 0 Å². The molecule has 2 aromatic carbocycles. The van der Waals surface area contributed by atoms with Crippen molar-refractivity contribution in [2.45, 2.75) is 12.8 Å². The van der Waals surface area contributed by atoms with E-state index < -0.39 is 5.97 Å². The number of aryl methyl sites for hydroxylation is 1. The van der Waals surface area contributed by atoms with Gasteiger partial charge in [-0.25, -0.2) is 4.98 Å². The molecule has 8 heteroatoms. The minimum absolute atomic E-state index is 0.130. The quantitative estimate of drug-likeness (QED) is 0.470. The van der Waals surface area contributed by atoms with E-state index in [0.29, 0.717) is 29.5 Å². The highest BCUT2D eigenvalue weighted by molar-refractivity contribution is 7.19. The fourth-order valence-corrected chi connectivity index (χ4v) is 4.68. The van der Waals surface area contributed by atoms with Crippen molar-refractivity contribution in [2.75, 3.05) is 13.2 Å². The number of ether oxygens (including phenoxy) is 2. The van der Waals surface area contributed by atoms with Crippen LogP contribution in [0.3, 0.4) is 0 Å². The van der Waals surface area contributed by atoms with E-state index in [4.69, 9.17) is 9.47 Å². The van der Waals surface area contributed by atoms with Gasteiger partial charge in [0, 0.05) is 30.8 Å². The molecule has 0 atom stereocenters. The summed E-state index contributed by atoms with van der Waals surface area (Å²) in [6, 6.07) is 13.6. The normalized spacial score (nSPS) is 13.8. The number of carboxylic acids is 1. The molecule has 0 amide bonds. The van der Waals surface area contributed by atoms with Crippen LogP contribution in [0.2, 0.25) is 0 Å². The van der Waals surface area contributed by atoms with Gasteiger partial charge in [-0.3, -0.25) is 9.48 Å². The summed E-state index contributed by atoms with van der Waals surface area (Å²) in [4.78, 5) is 16.3. The summed E-state index contributed by atoms with van der Waals surface area (Å²) in [5.41, 5.74) is 3.94. The van der Waals surface area contributed by atoms with Gasteiger partial charge >= 0.3 is 5.97 Å². The van der Waals surface area contributed by atoms with Crippen molar-refractivity contribution < 1.29 is 19.4 Å². The third-order valence-corrected chi connectivity index (χ3v) is 6.23. The molecule has 0 saturated heterocycles. The zero-order chi connectivity index (χ0) is 22.1. The monoisotopic (exact) mass is 447 g/mol. The lowest BCUT2D eigenvalue weighted by atomic mass is 10.0. The van der Waals surface area contributed by atoms with Gasteiger partial charge in [-0.05, 0) is 42.0 Å². The second kappa shape index (κ2) is 8.47. The lowest BCUT2D eigenvalue weighted by Crippen LogP contribution is -1.97. The molecule has 32 heavy (non-hydrogen) atoms. The highest BCUT2D eigenvalue weighted by Crippen LogP contribution is 2.36. The van der Waals surface area contributed by atoms with Crippen LogP contribution in [0.4, 0.5) is 0 Å². The van der Waals surface area contributed by atoms with Crippen molar-refractivity contribution in [3.63, 3.8) is 0 Å². The van der Waals surface area contributed by atoms with Crippen LogP contribution in [0.15, 0.2) is 48.7 Å². The second-order valence-electron chi connectivity index (χ2n) is 7.55. The van der Waals surface area contributed by atoms with E-state index in [0.717, 1.165) is 39.2 Å². The number of thiazole rings is 1. The highest BCUT2D eigenvalue weighted by atomic mass is 32.1. The molecule has 1 aliphatic rings. The van der Waals surface area contributed by atoms with E-state index in [2.05, 4.69) is 10.1 Å². The minimum Gasteiger partial charge on any atom is -0.490 e. The fourth-order valence-electron chi connectivity index (χ4n) is 3.70. The van der Waals surface area contributed by atoms with Crippen molar-refractivity contribution in [3.05, 3.63) is 59.2 Å². The number of carboxylic acid groups (broad SMARTS) is 1. The van der Waals surface area contributed by atoms with E-state index in [-0.39, 0.29) is 6.42 Å². The van der Waals surface area contributed by atoms with Gasteiger partial charge in [-0.15, -0.1) is 11.3 Å². The van der Waals surface area contributed by atoms with Gasteiger partial charge in [-0.1, -0.05) is 12.1 Å². The summed E-state index contributed by atoms with van der Waals surface area (Å²) in [6.07, 6.45) is 4.46. The Kier molecular flexibility index (Phi) is 5.36. The van der Waals surface area contributed by atoms with E-state index in [1.165, 1.54) is 11.3 Å². The zero-order valence-corrected chi connectivity index (χ0v) is 18.3. The van der Waals surface area contributed by atoms with E-state index in [1.807, 2.05) is 61.8 Å². The maximum atomic E-state index is 11.6. The molecule has 2 aromatic heterocycles. The Labute approximate surface area is 188 Å². The predicted molar refractivity (Wildman–Crippen MR) is 124 cm³/mol. The average Bonchev–Trinajstić information content (AvgIpc) is 3.28. The summed E-state index contributed by atoms with van der Waals surface area (Å²) >= 11 is 1.49. The van der Waals surface area contributed by atoms with Crippen LogP contribution in [0.25, 0.3) is 33.1 Å². The maximum Gasteiger partial charge on any atom is 0.307 e.